The first-order valence-corrected chi connectivity index (χ1v) is 9.24. The van der Waals surface area contributed by atoms with Crippen LogP contribution in [0.1, 0.15) is 21.7 Å². The van der Waals surface area contributed by atoms with Crippen molar-refractivity contribution in [1.29, 1.82) is 0 Å². The molecule has 1 aromatic heterocycles. The van der Waals surface area contributed by atoms with Gasteiger partial charge in [0.1, 0.15) is 0 Å². The van der Waals surface area contributed by atoms with Crippen LogP contribution in [0, 0.1) is 13.8 Å². The Hall–Kier alpha value is -1.56. The van der Waals surface area contributed by atoms with Crippen LogP contribution in [0.4, 0.5) is 0 Å². The van der Waals surface area contributed by atoms with Crippen LogP contribution >= 0.6 is 39.3 Å². The molecule has 122 valence electrons. The number of carbonyl (C=O) groups excluding carboxylic acids is 1. The lowest BCUT2D eigenvalue weighted by Crippen LogP contribution is -2.15. The van der Waals surface area contributed by atoms with E-state index in [1.165, 1.54) is 4.68 Å². The number of nitrogens with zero attached hydrogens (tertiary/aromatic N) is 2. The summed E-state index contributed by atoms with van der Waals surface area (Å²) in [5.41, 5.74) is 2.27. The third-order valence-corrected chi connectivity index (χ3v) is 5.63. The monoisotopic (exact) mass is 420 g/mol. The van der Waals surface area contributed by atoms with Crippen molar-refractivity contribution < 1.29 is 4.79 Å². The van der Waals surface area contributed by atoms with E-state index in [2.05, 4.69) is 21.0 Å². The molecule has 0 aliphatic rings. The van der Waals surface area contributed by atoms with Crippen molar-refractivity contribution in [2.45, 2.75) is 23.6 Å². The Kier molecular flexibility index (Phi) is 5.13. The topological polar surface area (TPSA) is 34.9 Å². The van der Waals surface area contributed by atoms with E-state index in [1.54, 1.807) is 23.9 Å². The van der Waals surface area contributed by atoms with E-state index < -0.39 is 0 Å². The Balaban J connectivity index is 1.92. The van der Waals surface area contributed by atoms with Crippen LogP contribution in [0.3, 0.4) is 0 Å². The van der Waals surface area contributed by atoms with Gasteiger partial charge in [-0.2, -0.15) is 9.78 Å². The normalized spacial score (nSPS) is 10.8. The van der Waals surface area contributed by atoms with Gasteiger partial charge in [-0.3, -0.25) is 4.79 Å². The summed E-state index contributed by atoms with van der Waals surface area (Å²) in [7, 11) is 0. The van der Waals surface area contributed by atoms with Crippen molar-refractivity contribution in [3.05, 3.63) is 75.0 Å². The fourth-order valence-corrected chi connectivity index (χ4v) is 3.63. The molecule has 3 rings (SSSR count). The molecule has 0 fully saturated rings. The van der Waals surface area contributed by atoms with Crippen molar-refractivity contribution in [1.82, 2.24) is 9.78 Å². The number of aromatic nitrogens is 2. The SMILES string of the molecule is Cc1nn(C(=O)c2ccc(Br)cc2)c(C)c1Sc1ccc(Cl)cc1. The molecule has 0 amide bonds. The molecule has 3 nitrogen and oxygen atoms in total. The van der Waals surface area contributed by atoms with Crippen LogP contribution < -0.4 is 0 Å². The number of hydrogen-bond acceptors (Lipinski definition) is 3. The minimum absolute atomic E-state index is 0.133. The smallest absolute Gasteiger partial charge is 0.267 e. The third kappa shape index (κ3) is 3.58. The van der Waals surface area contributed by atoms with Crippen LogP contribution in [0.2, 0.25) is 5.02 Å². The Morgan fingerprint density at radius 2 is 1.71 bits per heavy atom. The zero-order valence-corrected chi connectivity index (χ0v) is 16.2. The number of halogens is 2. The van der Waals surface area contributed by atoms with Crippen molar-refractivity contribution in [2.75, 3.05) is 0 Å². The molecule has 0 bridgehead atoms. The summed E-state index contributed by atoms with van der Waals surface area (Å²) in [5, 5.41) is 5.13. The quantitative estimate of drug-likeness (QED) is 0.539. The number of carbonyl (C=O) groups is 1. The second-order valence-electron chi connectivity index (χ2n) is 5.28. The molecule has 0 radical (unpaired) electrons. The van der Waals surface area contributed by atoms with Gasteiger partial charge in [-0.05, 0) is 62.4 Å². The zero-order valence-electron chi connectivity index (χ0n) is 13.1. The summed E-state index contributed by atoms with van der Waals surface area (Å²) >= 11 is 10.9. The average Bonchev–Trinajstić information content (AvgIpc) is 2.85. The van der Waals surface area contributed by atoms with E-state index in [1.807, 2.05) is 50.2 Å². The lowest BCUT2D eigenvalue weighted by atomic mass is 10.2. The number of benzene rings is 2. The van der Waals surface area contributed by atoms with Crippen molar-refractivity contribution in [3.63, 3.8) is 0 Å². The van der Waals surface area contributed by atoms with E-state index in [9.17, 15) is 4.79 Å². The molecule has 0 saturated heterocycles. The second-order valence-corrected chi connectivity index (χ2v) is 7.72. The maximum atomic E-state index is 12.7. The molecule has 1 heterocycles. The summed E-state index contributed by atoms with van der Waals surface area (Å²) in [6, 6.07) is 14.9. The van der Waals surface area contributed by atoms with E-state index in [0.29, 0.717) is 10.6 Å². The standard InChI is InChI=1S/C18H14BrClN2OS/c1-11-17(24-16-9-7-15(20)8-10-16)12(2)22(21-11)18(23)13-3-5-14(19)6-4-13/h3-10H,1-2H3. The summed E-state index contributed by atoms with van der Waals surface area (Å²) in [6.45, 7) is 3.83. The summed E-state index contributed by atoms with van der Waals surface area (Å²) in [4.78, 5) is 14.7. The van der Waals surface area contributed by atoms with Gasteiger partial charge in [0.2, 0.25) is 0 Å². The minimum Gasteiger partial charge on any atom is -0.267 e. The molecule has 2 aromatic carbocycles. The van der Waals surface area contributed by atoms with Crippen molar-refractivity contribution in [2.24, 2.45) is 0 Å². The predicted molar refractivity (Wildman–Crippen MR) is 101 cm³/mol. The minimum atomic E-state index is -0.133. The summed E-state index contributed by atoms with van der Waals surface area (Å²) < 4.78 is 2.41. The molecule has 0 aliphatic heterocycles. The molecule has 0 atom stereocenters. The summed E-state index contributed by atoms with van der Waals surface area (Å²) in [5.74, 6) is -0.133. The molecule has 0 unspecified atom stereocenters. The Morgan fingerprint density at radius 1 is 1.08 bits per heavy atom. The van der Waals surface area contributed by atoms with Gasteiger partial charge in [-0.25, -0.2) is 0 Å². The van der Waals surface area contributed by atoms with Gasteiger partial charge in [0, 0.05) is 20.0 Å². The Bertz CT molecular complexity index is 889. The van der Waals surface area contributed by atoms with Crippen LogP contribution in [0.25, 0.3) is 0 Å². The summed E-state index contributed by atoms with van der Waals surface area (Å²) in [6.07, 6.45) is 0. The van der Waals surface area contributed by atoms with Gasteiger partial charge in [-0.1, -0.05) is 39.3 Å². The lowest BCUT2D eigenvalue weighted by Gasteiger charge is -2.05. The molecule has 0 saturated carbocycles. The van der Waals surface area contributed by atoms with Gasteiger partial charge in [0.15, 0.2) is 0 Å². The van der Waals surface area contributed by atoms with E-state index in [4.69, 9.17) is 11.6 Å². The van der Waals surface area contributed by atoms with Gasteiger partial charge >= 0.3 is 0 Å². The van der Waals surface area contributed by atoms with Crippen LogP contribution in [-0.4, -0.2) is 15.7 Å². The first-order valence-electron chi connectivity index (χ1n) is 7.25. The molecule has 6 heteroatoms. The molecular formula is C18H14BrClN2OS. The predicted octanol–water partition coefficient (Wildman–Crippen LogP) is 5.76. The van der Waals surface area contributed by atoms with E-state index in [-0.39, 0.29) is 5.91 Å². The van der Waals surface area contributed by atoms with Gasteiger partial charge < -0.3 is 0 Å². The molecule has 24 heavy (non-hydrogen) atoms. The fraction of sp³-hybridized carbons (Fsp3) is 0.111. The highest BCUT2D eigenvalue weighted by Gasteiger charge is 2.18. The second kappa shape index (κ2) is 7.13. The maximum absolute atomic E-state index is 12.7. The lowest BCUT2D eigenvalue weighted by molar-refractivity contribution is 0.0942. The highest BCUT2D eigenvalue weighted by molar-refractivity contribution is 9.10. The molecule has 3 aromatic rings. The fourth-order valence-electron chi connectivity index (χ4n) is 2.31. The molecule has 0 N–H and O–H groups in total. The van der Waals surface area contributed by atoms with E-state index in [0.717, 1.165) is 25.7 Å². The number of hydrogen-bond donors (Lipinski definition) is 0. The highest BCUT2D eigenvalue weighted by atomic mass is 79.9. The highest BCUT2D eigenvalue weighted by Crippen LogP contribution is 2.33. The van der Waals surface area contributed by atoms with Crippen LogP contribution in [-0.2, 0) is 0 Å². The van der Waals surface area contributed by atoms with E-state index >= 15 is 0 Å². The first-order chi connectivity index (χ1) is 11.5. The number of aryl methyl sites for hydroxylation is 1. The Labute approximate surface area is 158 Å². The third-order valence-electron chi connectivity index (χ3n) is 3.54. The van der Waals surface area contributed by atoms with Crippen LogP contribution in [0.5, 0.6) is 0 Å². The average molecular weight is 422 g/mol. The van der Waals surface area contributed by atoms with Crippen molar-refractivity contribution in [3.8, 4) is 0 Å². The van der Waals surface area contributed by atoms with Gasteiger partial charge in [-0.15, -0.1) is 0 Å². The van der Waals surface area contributed by atoms with Crippen LogP contribution in [0.15, 0.2) is 62.8 Å². The zero-order chi connectivity index (χ0) is 17.3. The first kappa shape index (κ1) is 17.3. The molecule has 0 aliphatic carbocycles. The molecular weight excluding hydrogens is 408 g/mol. The maximum Gasteiger partial charge on any atom is 0.278 e. The van der Waals surface area contributed by atoms with Gasteiger partial charge in [0.05, 0.1) is 16.3 Å². The molecule has 0 spiro atoms. The van der Waals surface area contributed by atoms with Gasteiger partial charge in [0.25, 0.3) is 5.91 Å². The number of rotatable bonds is 3. The largest absolute Gasteiger partial charge is 0.278 e. The Morgan fingerprint density at radius 3 is 2.33 bits per heavy atom. The van der Waals surface area contributed by atoms with Crippen molar-refractivity contribution >= 4 is 45.2 Å².